The van der Waals surface area contributed by atoms with Gasteiger partial charge in [0.15, 0.2) is 0 Å². The largest absolute Gasteiger partial charge is 0.452 e. The number of hydrogen-bond acceptors (Lipinski definition) is 4. The molecule has 6 nitrogen and oxygen atoms in total. The summed E-state index contributed by atoms with van der Waals surface area (Å²) in [6, 6.07) is 3.75. The summed E-state index contributed by atoms with van der Waals surface area (Å²) in [5.41, 5.74) is 4.38. The number of ether oxygens (including phenoxy) is 1. The lowest BCUT2D eigenvalue weighted by Crippen LogP contribution is -2.16. The van der Waals surface area contributed by atoms with E-state index in [4.69, 9.17) is 5.26 Å². The average Bonchev–Trinajstić information content (AvgIpc) is 2.56. The Balaban J connectivity index is 2.83. The summed E-state index contributed by atoms with van der Waals surface area (Å²) in [6.07, 6.45) is 0.831. The molecule has 0 aliphatic carbocycles. The van der Waals surface area contributed by atoms with Crippen LogP contribution in [0, 0.1) is 18.3 Å². The second kappa shape index (κ2) is 4.98. The first-order valence-electron chi connectivity index (χ1n) is 4.53. The van der Waals surface area contributed by atoms with Crippen LogP contribution in [0.1, 0.15) is 17.0 Å². The molecule has 0 spiro atoms. The van der Waals surface area contributed by atoms with Gasteiger partial charge in [-0.1, -0.05) is 0 Å². The Bertz CT molecular complexity index is 468. The maximum atomic E-state index is 10.7. The molecule has 0 saturated heterocycles. The number of nitriles is 1. The molecular weight excluding hydrogens is 208 g/mol. The fraction of sp³-hybridized carbons (Fsp3) is 0.300. The maximum Gasteiger partial charge on any atom is 0.427 e. The number of rotatable bonds is 2. The second-order valence-corrected chi connectivity index (χ2v) is 3.10. The first-order chi connectivity index (χ1) is 7.60. The summed E-state index contributed by atoms with van der Waals surface area (Å²) in [5.74, 6) is 0. The SMILES string of the molecule is COC(=O)NN=Cc1cc(C#N)n(C)c1C. The van der Waals surface area contributed by atoms with Crippen LogP contribution in [0.2, 0.25) is 0 Å². The Hall–Kier alpha value is -2.29. The normalized spacial score (nSPS) is 10.1. The van der Waals surface area contributed by atoms with Crippen molar-refractivity contribution >= 4 is 12.3 Å². The van der Waals surface area contributed by atoms with Crippen molar-refractivity contribution in [2.45, 2.75) is 6.92 Å². The lowest BCUT2D eigenvalue weighted by molar-refractivity contribution is 0.171. The van der Waals surface area contributed by atoms with Crippen LogP contribution in [0.25, 0.3) is 0 Å². The highest BCUT2D eigenvalue weighted by Crippen LogP contribution is 2.10. The van der Waals surface area contributed by atoms with Crippen molar-refractivity contribution < 1.29 is 9.53 Å². The summed E-state index contributed by atoms with van der Waals surface area (Å²) < 4.78 is 6.10. The molecular formula is C10H12N4O2. The van der Waals surface area contributed by atoms with Gasteiger partial charge in [-0.15, -0.1) is 0 Å². The average molecular weight is 220 g/mol. The van der Waals surface area contributed by atoms with Gasteiger partial charge < -0.3 is 9.30 Å². The van der Waals surface area contributed by atoms with E-state index in [-0.39, 0.29) is 0 Å². The van der Waals surface area contributed by atoms with Gasteiger partial charge in [0.2, 0.25) is 0 Å². The summed E-state index contributed by atoms with van der Waals surface area (Å²) in [6.45, 7) is 1.86. The second-order valence-electron chi connectivity index (χ2n) is 3.10. The number of carbonyl (C=O) groups excluding carboxylic acids is 1. The van der Waals surface area contributed by atoms with Crippen LogP contribution in [-0.2, 0) is 11.8 Å². The zero-order valence-electron chi connectivity index (χ0n) is 9.31. The molecule has 6 heteroatoms. The predicted molar refractivity (Wildman–Crippen MR) is 58.0 cm³/mol. The van der Waals surface area contributed by atoms with Crippen LogP contribution in [0.3, 0.4) is 0 Å². The predicted octanol–water partition coefficient (Wildman–Crippen LogP) is 0.895. The quantitative estimate of drug-likeness (QED) is 0.594. The van der Waals surface area contributed by atoms with Crippen LogP contribution in [-0.4, -0.2) is 24.0 Å². The molecule has 1 N–H and O–H groups in total. The third kappa shape index (κ3) is 2.39. The molecule has 16 heavy (non-hydrogen) atoms. The van der Waals surface area contributed by atoms with Crippen LogP contribution in [0.4, 0.5) is 4.79 Å². The third-order valence-corrected chi connectivity index (χ3v) is 2.23. The van der Waals surface area contributed by atoms with E-state index in [2.05, 4.69) is 21.3 Å². The van der Waals surface area contributed by atoms with Crippen LogP contribution in [0.5, 0.6) is 0 Å². The van der Waals surface area contributed by atoms with Crippen LogP contribution >= 0.6 is 0 Å². The highest BCUT2D eigenvalue weighted by Gasteiger charge is 2.06. The maximum absolute atomic E-state index is 10.7. The van der Waals surface area contributed by atoms with Gasteiger partial charge in [0, 0.05) is 18.3 Å². The zero-order chi connectivity index (χ0) is 12.1. The number of amides is 1. The van der Waals surface area contributed by atoms with E-state index in [9.17, 15) is 4.79 Å². The molecule has 0 unspecified atom stereocenters. The minimum Gasteiger partial charge on any atom is -0.452 e. The molecule has 0 bridgehead atoms. The molecule has 1 amide bonds. The number of carbonyl (C=O) groups is 1. The Morgan fingerprint density at radius 2 is 2.44 bits per heavy atom. The number of hydrogen-bond donors (Lipinski definition) is 1. The van der Waals surface area contributed by atoms with E-state index in [1.54, 1.807) is 17.7 Å². The van der Waals surface area contributed by atoms with E-state index < -0.39 is 6.09 Å². The van der Waals surface area contributed by atoms with Crippen molar-refractivity contribution in [1.29, 1.82) is 5.26 Å². The summed E-state index contributed by atoms with van der Waals surface area (Å²) in [7, 11) is 3.05. The van der Waals surface area contributed by atoms with Gasteiger partial charge >= 0.3 is 6.09 Å². The Kier molecular flexibility index (Phi) is 3.67. The summed E-state index contributed by atoms with van der Waals surface area (Å²) in [5, 5.41) is 12.5. The van der Waals surface area contributed by atoms with Gasteiger partial charge in [-0.05, 0) is 13.0 Å². The lowest BCUT2D eigenvalue weighted by Gasteiger charge is -1.97. The standard InChI is InChI=1S/C10H12N4O2/c1-7-8(4-9(5-11)14(7)2)6-12-13-10(15)16-3/h4,6H,1-3H3,(H,13,15). The van der Waals surface area contributed by atoms with Gasteiger partial charge in [-0.3, -0.25) is 0 Å². The van der Waals surface area contributed by atoms with E-state index in [0.29, 0.717) is 5.69 Å². The molecule has 84 valence electrons. The minimum atomic E-state index is -0.634. The zero-order valence-corrected chi connectivity index (χ0v) is 9.31. The van der Waals surface area contributed by atoms with E-state index >= 15 is 0 Å². The molecule has 0 fully saturated rings. The topological polar surface area (TPSA) is 79.4 Å². The molecule has 1 rings (SSSR count). The lowest BCUT2D eigenvalue weighted by atomic mass is 10.3. The number of aromatic nitrogens is 1. The third-order valence-electron chi connectivity index (χ3n) is 2.23. The highest BCUT2D eigenvalue weighted by atomic mass is 16.5. The monoisotopic (exact) mass is 220 g/mol. The molecule has 0 aromatic carbocycles. The molecule has 1 aromatic heterocycles. The van der Waals surface area contributed by atoms with Crippen molar-refractivity contribution in [3.8, 4) is 6.07 Å². The minimum absolute atomic E-state index is 0.539. The van der Waals surface area contributed by atoms with Gasteiger partial charge in [-0.25, -0.2) is 10.2 Å². The summed E-state index contributed by atoms with van der Waals surface area (Å²) >= 11 is 0. The Labute approximate surface area is 93.1 Å². The Morgan fingerprint density at radius 1 is 1.75 bits per heavy atom. The van der Waals surface area contributed by atoms with Crippen molar-refractivity contribution in [2.75, 3.05) is 7.11 Å². The number of nitrogens with one attached hydrogen (secondary N) is 1. The van der Waals surface area contributed by atoms with Crippen LogP contribution in [0.15, 0.2) is 11.2 Å². The van der Waals surface area contributed by atoms with Gasteiger partial charge in [-0.2, -0.15) is 10.4 Å². The Morgan fingerprint density at radius 3 is 2.94 bits per heavy atom. The molecule has 0 aliphatic heterocycles. The number of methoxy groups -OCH3 is 1. The molecule has 0 radical (unpaired) electrons. The number of nitrogens with zero attached hydrogens (tertiary/aromatic N) is 3. The van der Waals surface area contributed by atoms with Crippen LogP contribution < -0.4 is 5.43 Å². The molecule has 1 aromatic rings. The molecule has 1 heterocycles. The van der Waals surface area contributed by atoms with Crippen molar-refractivity contribution in [3.05, 3.63) is 23.0 Å². The van der Waals surface area contributed by atoms with E-state index in [0.717, 1.165) is 11.3 Å². The summed E-state index contributed by atoms with van der Waals surface area (Å²) in [4.78, 5) is 10.7. The van der Waals surface area contributed by atoms with Crippen molar-refractivity contribution in [1.82, 2.24) is 9.99 Å². The fourth-order valence-electron chi connectivity index (χ4n) is 1.16. The highest BCUT2D eigenvalue weighted by molar-refractivity contribution is 5.83. The first kappa shape index (κ1) is 11.8. The first-order valence-corrected chi connectivity index (χ1v) is 4.53. The van der Waals surface area contributed by atoms with Gasteiger partial charge in [0.05, 0.1) is 13.3 Å². The van der Waals surface area contributed by atoms with E-state index in [1.807, 2.05) is 6.92 Å². The van der Waals surface area contributed by atoms with Crippen molar-refractivity contribution in [2.24, 2.45) is 12.1 Å². The van der Waals surface area contributed by atoms with Gasteiger partial charge in [0.25, 0.3) is 0 Å². The smallest absolute Gasteiger partial charge is 0.427 e. The van der Waals surface area contributed by atoms with E-state index in [1.165, 1.54) is 13.3 Å². The van der Waals surface area contributed by atoms with Gasteiger partial charge in [0.1, 0.15) is 11.8 Å². The molecule has 0 saturated carbocycles. The fourth-order valence-corrected chi connectivity index (χ4v) is 1.16. The van der Waals surface area contributed by atoms with Crippen molar-refractivity contribution in [3.63, 3.8) is 0 Å². The molecule has 0 atom stereocenters. The molecule has 0 aliphatic rings. The number of hydrazone groups is 1.